The van der Waals surface area contributed by atoms with Crippen LogP contribution in [0.3, 0.4) is 0 Å². The van der Waals surface area contributed by atoms with Crippen LogP contribution in [0.4, 0.5) is 5.69 Å². The summed E-state index contributed by atoms with van der Waals surface area (Å²) in [6.45, 7) is 2.59. The lowest BCUT2D eigenvalue weighted by Crippen LogP contribution is -2.12. The Labute approximate surface area is 109 Å². The van der Waals surface area contributed by atoms with Crippen molar-refractivity contribution in [3.8, 4) is 0 Å². The number of rotatable bonds is 7. The first-order valence-corrected chi connectivity index (χ1v) is 6.16. The normalized spacial score (nSPS) is 10.4. The fourth-order valence-electron chi connectivity index (χ4n) is 1.14. The quantitative estimate of drug-likeness (QED) is 0.785. The van der Waals surface area contributed by atoms with Crippen molar-refractivity contribution < 1.29 is 9.47 Å². The summed E-state index contributed by atoms with van der Waals surface area (Å²) in [5.74, 6) is 0. The Kier molecular flexibility index (Phi) is 6.80. The van der Waals surface area contributed by atoms with Crippen LogP contribution in [0.15, 0.2) is 22.7 Å². The second-order valence-corrected chi connectivity index (χ2v) is 4.48. The van der Waals surface area contributed by atoms with E-state index in [0.717, 1.165) is 16.7 Å². The molecule has 1 aromatic carbocycles. The number of ether oxygens (including phenoxy) is 2. The van der Waals surface area contributed by atoms with Crippen molar-refractivity contribution in [2.45, 2.75) is 0 Å². The van der Waals surface area contributed by atoms with E-state index in [9.17, 15) is 0 Å². The molecule has 0 aliphatic heterocycles. The van der Waals surface area contributed by atoms with Gasteiger partial charge in [0.25, 0.3) is 0 Å². The number of hydrogen-bond donors (Lipinski definition) is 1. The summed E-state index contributed by atoms with van der Waals surface area (Å²) in [7, 11) is 1.66. The fraction of sp³-hybridized carbons (Fsp3) is 0.455. The molecule has 0 saturated carbocycles. The second-order valence-electron chi connectivity index (χ2n) is 3.16. The summed E-state index contributed by atoms with van der Waals surface area (Å²) in [5.41, 5.74) is 0.909. The number of hydrogen-bond acceptors (Lipinski definition) is 3. The van der Waals surface area contributed by atoms with E-state index >= 15 is 0 Å². The molecule has 0 unspecified atom stereocenters. The van der Waals surface area contributed by atoms with Crippen LogP contribution in [0.1, 0.15) is 0 Å². The average molecular weight is 309 g/mol. The molecule has 0 bridgehead atoms. The third-order valence-electron chi connectivity index (χ3n) is 1.92. The standard InChI is InChI=1S/C11H15BrClNO2/c1-15-6-7-16-5-4-14-11-8-9(12)2-3-10(11)13/h2-3,8,14H,4-7H2,1H3. The molecular weight excluding hydrogens is 293 g/mol. The van der Waals surface area contributed by atoms with E-state index < -0.39 is 0 Å². The highest BCUT2D eigenvalue weighted by molar-refractivity contribution is 9.10. The lowest BCUT2D eigenvalue weighted by Gasteiger charge is -2.09. The minimum Gasteiger partial charge on any atom is -0.382 e. The van der Waals surface area contributed by atoms with Crippen LogP contribution in [-0.2, 0) is 9.47 Å². The molecule has 1 aromatic rings. The smallest absolute Gasteiger partial charge is 0.0701 e. The van der Waals surface area contributed by atoms with Crippen LogP contribution in [0.5, 0.6) is 0 Å². The van der Waals surface area contributed by atoms with Crippen molar-refractivity contribution in [3.63, 3.8) is 0 Å². The van der Waals surface area contributed by atoms with Crippen molar-refractivity contribution in [2.75, 3.05) is 38.8 Å². The largest absolute Gasteiger partial charge is 0.382 e. The fourth-order valence-corrected chi connectivity index (χ4v) is 1.68. The molecule has 0 saturated heterocycles. The minimum atomic E-state index is 0.615. The molecule has 0 aliphatic rings. The number of halogens is 2. The molecule has 0 aromatic heterocycles. The maximum absolute atomic E-state index is 6.01. The van der Waals surface area contributed by atoms with E-state index in [2.05, 4.69) is 21.2 Å². The second kappa shape index (κ2) is 7.90. The average Bonchev–Trinajstić information content (AvgIpc) is 2.28. The Balaban J connectivity index is 2.23. The highest BCUT2D eigenvalue weighted by Gasteiger charge is 1.99. The molecule has 0 amide bonds. The van der Waals surface area contributed by atoms with Gasteiger partial charge < -0.3 is 14.8 Å². The molecule has 5 heteroatoms. The van der Waals surface area contributed by atoms with Gasteiger partial charge in [0, 0.05) is 18.1 Å². The van der Waals surface area contributed by atoms with E-state index in [0.29, 0.717) is 24.8 Å². The van der Waals surface area contributed by atoms with Crippen LogP contribution in [-0.4, -0.2) is 33.5 Å². The molecule has 3 nitrogen and oxygen atoms in total. The van der Waals surface area contributed by atoms with E-state index in [1.807, 2.05) is 18.2 Å². The molecule has 0 heterocycles. The zero-order valence-electron chi connectivity index (χ0n) is 9.13. The van der Waals surface area contributed by atoms with Gasteiger partial charge in [0.1, 0.15) is 0 Å². The Morgan fingerprint density at radius 2 is 2.12 bits per heavy atom. The topological polar surface area (TPSA) is 30.5 Å². The highest BCUT2D eigenvalue weighted by atomic mass is 79.9. The SMILES string of the molecule is COCCOCCNc1cc(Br)ccc1Cl. The van der Waals surface area contributed by atoms with Gasteiger partial charge in [-0.2, -0.15) is 0 Å². The molecule has 0 radical (unpaired) electrons. The summed E-state index contributed by atoms with van der Waals surface area (Å²) in [4.78, 5) is 0. The summed E-state index contributed by atoms with van der Waals surface area (Å²) in [6.07, 6.45) is 0. The predicted molar refractivity (Wildman–Crippen MR) is 70.3 cm³/mol. The van der Waals surface area contributed by atoms with E-state index in [1.54, 1.807) is 7.11 Å². The van der Waals surface area contributed by atoms with Gasteiger partial charge in [0.15, 0.2) is 0 Å². The van der Waals surface area contributed by atoms with Crippen LogP contribution in [0.25, 0.3) is 0 Å². The molecule has 0 fully saturated rings. The first kappa shape index (κ1) is 13.8. The van der Waals surface area contributed by atoms with E-state index in [4.69, 9.17) is 21.1 Å². The maximum Gasteiger partial charge on any atom is 0.0701 e. The Hall–Kier alpha value is -0.290. The highest BCUT2D eigenvalue weighted by Crippen LogP contribution is 2.25. The zero-order chi connectivity index (χ0) is 11.8. The van der Waals surface area contributed by atoms with Crippen molar-refractivity contribution in [3.05, 3.63) is 27.7 Å². The van der Waals surface area contributed by atoms with Crippen LogP contribution in [0, 0.1) is 0 Å². The number of anilines is 1. The van der Waals surface area contributed by atoms with Crippen LogP contribution >= 0.6 is 27.5 Å². The summed E-state index contributed by atoms with van der Waals surface area (Å²) >= 11 is 9.41. The van der Waals surface area contributed by atoms with E-state index in [-0.39, 0.29) is 0 Å². The third kappa shape index (κ3) is 5.16. The monoisotopic (exact) mass is 307 g/mol. The first-order chi connectivity index (χ1) is 7.74. The van der Waals surface area contributed by atoms with Gasteiger partial charge in [-0.15, -0.1) is 0 Å². The van der Waals surface area contributed by atoms with Crippen molar-refractivity contribution in [1.82, 2.24) is 0 Å². The zero-order valence-corrected chi connectivity index (χ0v) is 11.5. The lowest BCUT2D eigenvalue weighted by molar-refractivity contribution is 0.0759. The van der Waals surface area contributed by atoms with E-state index in [1.165, 1.54) is 0 Å². The Bertz CT molecular complexity index is 323. The number of nitrogens with one attached hydrogen (secondary N) is 1. The summed E-state index contributed by atoms with van der Waals surface area (Å²) < 4.78 is 11.2. The Morgan fingerprint density at radius 1 is 1.31 bits per heavy atom. The molecule has 16 heavy (non-hydrogen) atoms. The van der Waals surface area contributed by atoms with Crippen LogP contribution in [0.2, 0.25) is 5.02 Å². The van der Waals surface area contributed by atoms with Gasteiger partial charge in [-0.3, -0.25) is 0 Å². The minimum absolute atomic E-state index is 0.615. The van der Waals surface area contributed by atoms with Gasteiger partial charge in [-0.05, 0) is 18.2 Å². The molecule has 1 N–H and O–H groups in total. The van der Waals surface area contributed by atoms with Gasteiger partial charge >= 0.3 is 0 Å². The van der Waals surface area contributed by atoms with Gasteiger partial charge in [-0.1, -0.05) is 27.5 Å². The van der Waals surface area contributed by atoms with Crippen molar-refractivity contribution >= 4 is 33.2 Å². The maximum atomic E-state index is 6.01. The third-order valence-corrected chi connectivity index (χ3v) is 2.74. The number of methoxy groups -OCH3 is 1. The van der Waals surface area contributed by atoms with Crippen molar-refractivity contribution in [1.29, 1.82) is 0 Å². The summed E-state index contributed by atoms with van der Waals surface area (Å²) in [6, 6.07) is 5.69. The summed E-state index contributed by atoms with van der Waals surface area (Å²) in [5, 5.41) is 3.91. The van der Waals surface area contributed by atoms with Gasteiger partial charge in [0.05, 0.1) is 30.5 Å². The molecule has 0 spiro atoms. The molecule has 90 valence electrons. The Morgan fingerprint density at radius 3 is 2.88 bits per heavy atom. The van der Waals surface area contributed by atoms with Gasteiger partial charge in [-0.25, -0.2) is 0 Å². The predicted octanol–water partition coefficient (Wildman–Crippen LogP) is 3.18. The number of benzene rings is 1. The van der Waals surface area contributed by atoms with Gasteiger partial charge in [0.2, 0.25) is 0 Å². The lowest BCUT2D eigenvalue weighted by atomic mass is 10.3. The molecule has 1 rings (SSSR count). The molecule has 0 atom stereocenters. The van der Waals surface area contributed by atoms with Crippen LogP contribution < -0.4 is 5.32 Å². The van der Waals surface area contributed by atoms with Crippen molar-refractivity contribution in [2.24, 2.45) is 0 Å². The molecule has 0 aliphatic carbocycles. The molecular formula is C11H15BrClNO2. The first-order valence-electron chi connectivity index (χ1n) is 4.99.